The van der Waals surface area contributed by atoms with Gasteiger partial charge in [0.1, 0.15) is 6.10 Å². The summed E-state index contributed by atoms with van der Waals surface area (Å²) in [4.78, 5) is 40.5. The van der Waals surface area contributed by atoms with Gasteiger partial charge in [-0.1, -0.05) is 0 Å². The molecule has 0 bridgehead atoms. The van der Waals surface area contributed by atoms with Gasteiger partial charge in [-0.25, -0.2) is 0 Å². The highest BCUT2D eigenvalue weighted by Crippen LogP contribution is 2.32. The molecule has 1 aliphatic rings. The normalized spacial score (nSPS) is 21.4. The quantitative estimate of drug-likeness (QED) is 0.526. The molecule has 0 aliphatic carbocycles. The Kier molecular flexibility index (Phi) is 5.78. The molecule has 1 N–H and O–H groups in total. The summed E-state index contributed by atoms with van der Waals surface area (Å²) >= 11 is 0. The first kappa shape index (κ1) is 17.0. The summed E-state index contributed by atoms with van der Waals surface area (Å²) < 4.78 is 9.71. The molecule has 2 unspecified atom stereocenters. The Morgan fingerprint density at radius 3 is 2.05 bits per heavy atom. The minimum absolute atomic E-state index is 0.0428. The molecular formula is C14H19NO6. The van der Waals surface area contributed by atoms with Crippen LogP contribution >= 0.6 is 0 Å². The number of carbonyl (C=O) groups excluding carboxylic acids is 3. The first-order valence-electron chi connectivity index (χ1n) is 6.69. The zero-order valence-electron chi connectivity index (χ0n) is 12.2. The third-order valence-corrected chi connectivity index (χ3v) is 2.98. The molecule has 0 aromatic carbocycles. The second-order valence-electron chi connectivity index (χ2n) is 4.44. The van der Waals surface area contributed by atoms with E-state index in [2.05, 4.69) is 4.99 Å². The van der Waals surface area contributed by atoms with E-state index in [-0.39, 0.29) is 13.2 Å². The maximum atomic E-state index is 12.3. The molecule has 1 aliphatic heterocycles. The highest BCUT2D eigenvalue weighted by atomic mass is 16.6. The van der Waals surface area contributed by atoms with Crippen LogP contribution in [0.15, 0.2) is 17.1 Å². The van der Waals surface area contributed by atoms with Gasteiger partial charge in [-0.15, -0.1) is 0 Å². The second kappa shape index (κ2) is 7.12. The van der Waals surface area contributed by atoms with Gasteiger partial charge in [0.15, 0.2) is 17.2 Å². The first-order chi connectivity index (χ1) is 9.90. The minimum Gasteiger partial charge on any atom is -0.465 e. The van der Waals surface area contributed by atoms with E-state index in [4.69, 9.17) is 9.47 Å². The number of esters is 2. The summed E-state index contributed by atoms with van der Waals surface area (Å²) in [5.74, 6) is -4.16. The van der Waals surface area contributed by atoms with Crippen molar-refractivity contribution in [1.29, 1.82) is 0 Å². The molecule has 1 heterocycles. The van der Waals surface area contributed by atoms with Crippen LogP contribution in [-0.4, -0.2) is 53.9 Å². The van der Waals surface area contributed by atoms with E-state index in [1.165, 1.54) is 25.3 Å². The summed E-state index contributed by atoms with van der Waals surface area (Å²) in [5.41, 5.74) is -1.81. The van der Waals surface area contributed by atoms with Crippen LogP contribution in [0.4, 0.5) is 0 Å². The molecule has 7 nitrogen and oxygen atoms in total. The van der Waals surface area contributed by atoms with Crippen molar-refractivity contribution in [2.24, 2.45) is 10.9 Å². The second-order valence-corrected chi connectivity index (χ2v) is 4.44. The lowest BCUT2D eigenvalue weighted by Gasteiger charge is -2.29. The van der Waals surface area contributed by atoms with E-state index in [9.17, 15) is 19.5 Å². The van der Waals surface area contributed by atoms with Gasteiger partial charge >= 0.3 is 11.9 Å². The molecule has 0 fully saturated rings. The number of carbonyl (C=O) groups is 3. The minimum atomic E-state index is -1.81. The van der Waals surface area contributed by atoms with Gasteiger partial charge in [0.2, 0.25) is 0 Å². The lowest BCUT2D eigenvalue weighted by molar-refractivity contribution is -0.166. The fourth-order valence-corrected chi connectivity index (χ4v) is 2.10. The Labute approximate surface area is 122 Å². The Morgan fingerprint density at radius 2 is 1.71 bits per heavy atom. The smallest absolute Gasteiger partial charge is 0.323 e. The third kappa shape index (κ3) is 3.36. The third-order valence-electron chi connectivity index (χ3n) is 2.98. The monoisotopic (exact) mass is 297 g/mol. The molecule has 0 spiro atoms. The van der Waals surface area contributed by atoms with Crippen LogP contribution in [0.5, 0.6) is 0 Å². The lowest BCUT2D eigenvalue weighted by atomic mass is 9.79. The fourth-order valence-electron chi connectivity index (χ4n) is 2.10. The molecule has 0 radical (unpaired) electrons. The molecule has 0 aromatic heterocycles. The summed E-state index contributed by atoms with van der Waals surface area (Å²) in [6.45, 7) is 4.50. The van der Waals surface area contributed by atoms with Gasteiger partial charge in [0.05, 0.1) is 13.2 Å². The summed E-state index contributed by atoms with van der Waals surface area (Å²) in [6, 6.07) is 0. The highest BCUT2D eigenvalue weighted by Gasteiger charge is 2.54. The van der Waals surface area contributed by atoms with Crippen molar-refractivity contribution in [3.8, 4) is 0 Å². The van der Waals surface area contributed by atoms with Crippen molar-refractivity contribution < 1.29 is 29.0 Å². The van der Waals surface area contributed by atoms with Gasteiger partial charge in [0, 0.05) is 6.21 Å². The highest BCUT2D eigenvalue weighted by molar-refractivity contribution is 6.09. The number of rotatable bonds is 7. The SMILES string of the molecule is CCOC(=O)C(C(=O)OCC)C1(C(=O)C(C)O)C=CC=N1. The Hall–Kier alpha value is -2.02. The molecule has 21 heavy (non-hydrogen) atoms. The van der Waals surface area contributed by atoms with E-state index in [0.717, 1.165) is 0 Å². The Balaban J connectivity index is 3.29. The predicted octanol–water partition coefficient (Wildman–Crippen LogP) is 0.0581. The van der Waals surface area contributed by atoms with E-state index >= 15 is 0 Å². The van der Waals surface area contributed by atoms with Crippen molar-refractivity contribution in [2.45, 2.75) is 32.4 Å². The number of ketones is 1. The molecule has 0 amide bonds. The van der Waals surface area contributed by atoms with E-state index in [1.807, 2.05) is 0 Å². The van der Waals surface area contributed by atoms with Crippen molar-refractivity contribution in [3.63, 3.8) is 0 Å². The van der Waals surface area contributed by atoms with Crippen LogP contribution in [-0.2, 0) is 23.9 Å². The van der Waals surface area contributed by atoms with Crippen LogP contribution in [0.2, 0.25) is 0 Å². The van der Waals surface area contributed by atoms with Crippen LogP contribution in [0.3, 0.4) is 0 Å². The lowest BCUT2D eigenvalue weighted by Crippen LogP contribution is -2.53. The van der Waals surface area contributed by atoms with Crippen molar-refractivity contribution >= 4 is 23.9 Å². The number of hydrogen-bond acceptors (Lipinski definition) is 7. The maximum Gasteiger partial charge on any atom is 0.323 e. The molecule has 116 valence electrons. The number of aliphatic hydroxyl groups excluding tert-OH is 1. The van der Waals surface area contributed by atoms with Crippen LogP contribution in [0.25, 0.3) is 0 Å². The Morgan fingerprint density at radius 1 is 1.19 bits per heavy atom. The van der Waals surface area contributed by atoms with Gasteiger partial charge in [0.25, 0.3) is 0 Å². The Bertz CT molecular complexity index is 450. The zero-order chi connectivity index (χ0) is 16.0. The van der Waals surface area contributed by atoms with Gasteiger partial charge in [-0.3, -0.25) is 19.4 Å². The summed E-state index contributed by atoms with van der Waals surface area (Å²) in [5, 5.41) is 9.56. The summed E-state index contributed by atoms with van der Waals surface area (Å²) in [7, 11) is 0. The van der Waals surface area contributed by atoms with Crippen LogP contribution in [0, 0.1) is 5.92 Å². The average molecular weight is 297 g/mol. The summed E-state index contributed by atoms with van der Waals surface area (Å²) in [6.07, 6.45) is 2.65. The molecule has 0 aromatic rings. The van der Waals surface area contributed by atoms with Crippen LogP contribution in [0.1, 0.15) is 20.8 Å². The average Bonchev–Trinajstić information content (AvgIpc) is 2.88. The van der Waals surface area contributed by atoms with Gasteiger partial charge in [-0.2, -0.15) is 0 Å². The number of Topliss-reactive ketones (excluding diaryl/α,β-unsaturated/α-hetero) is 1. The van der Waals surface area contributed by atoms with E-state index < -0.39 is 35.3 Å². The molecular weight excluding hydrogens is 278 g/mol. The van der Waals surface area contributed by atoms with Crippen LogP contribution < -0.4 is 0 Å². The molecule has 2 atom stereocenters. The van der Waals surface area contributed by atoms with Gasteiger partial charge in [-0.05, 0) is 32.9 Å². The molecule has 1 rings (SSSR count). The number of aliphatic hydroxyl groups is 1. The fraction of sp³-hybridized carbons (Fsp3) is 0.571. The largest absolute Gasteiger partial charge is 0.465 e. The topological polar surface area (TPSA) is 102 Å². The number of allylic oxidation sites excluding steroid dienone is 1. The number of aliphatic imine (C=N–C) groups is 1. The number of hydrogen-bond donors (Lipinski definition) is 1. The van der Waals surface area contributed by atoms with E-state index in [0.29, 0.717) is 0 Å². The van der Waals surface area contributed by atoms with E-state index in [1.54, 1.807) is 13.8 Å². The molecule has 7 heteroatoms. The van der Waals surface area contributed by atoms with Gasteiger partial charge < -0.3 is 14.6 Å². The number of ether oxygens (including phenoxy) is 2. The molecule has 0 saturated heterocycles. The predicted molar refractivity (Wildman–Crippen MR) is 73.8 cm³/mol. The first-order valence-corrected chi connectivity index (χ1v) is 6.69. The van der Waals surface area contributed by atoms with Crippen molar-refractivity contribution in [2.75, 3.05) is 13.2 Å². The standard InChI is InChI=1S/C14H19NO6/c1-4-20-12(18)10(13(19)21-5-2)14(7-6-8-15-14)11(17)9(3)16/h6-10,16H,4-5H2,1-3H3. The number of nitrogens with zero attached hydrogens (tertiary/aromatic N) is 1. The van der Waals surface area contributed by atoms with Crippen molar-refractivity contribution in [1.82, 2.24) is 0 Å². The molecule has 0 saturated carbocycles. The van der Waals surface area contributed by atoms with Crippen molar-refractivity contribution in [3.05, 3.63) is 12.2 Å². The zero-order valence-corrected chi connectivity index (χ0v) is 12.2. The maximum absolute atomic E-state index is 12.3.